The molecule has 6 heteroatoms. The highest BCUT2D eigenvalue weighted by Crippen LogP contribution is 2.42. The van der Waals surface area contributed by atoms with E-state index < -0.39 is 6.29 Å². The first-order chi connectivity index (χ1) is 18.1. The lowest BCUT2D eigenvalue weighted by molar-refractivity contribution is -0.276. The third-order valence-corrected chi connectivity index (χ3v) is 7.93. The highest BCUT2D eigenvalue weighted by molar-refractivity contribution is 5.64. The summed E-state index contributed by atoms with van der Waals surface area (Å²) in [6.07, 6.45) is 1.44. The first kappa shape index (κ1) is 26.0. The summed E-state index contributed by atoms with van der Waals surface area (Å²) < 4.78 is 13.2. The van der Waals surface area contributed by atoms with Crippen molar-refractivity contribution < 1.29 is 19.7 Å². The zero-order chi connectivity index (χ0) is 25.8. The molecule has 3 aromatic carbocycles. The second-order valence-electron chi connectivity index (χ2n) is 10.3. The van der Waals surface area contributed by atoms with Crippen molar-refractivity contribution >= 4 is 0 Å². The summed E-state index contributed by atoms with van der Waals surface area (Å²) in [6, 6.07) is 24.9. The van der Waals surface area contributed by atoms with Crippen LogP contribution in [0.3, 0.4) is 0 Å². The van der Waals surface area contributed by atoms with Gasteiger partial charge in [0.15, 0.2) is 6.29 Å². The molecule has 0 bridgehead atoms. The van der Waals surface area contributed by atoms with E-state index in [4.69, 9.17) is 15.2 Å². The summed E-state index contributed by atoms with van der Waals surface area (Å²) in [4.78, 5) is 2.36. The molecule has 5 atom stereocenters. The Labute approximate surface area is 219 Å². The molecule has 0 aromatic heterocycles. The van der Waals surface area contributed by atoms with Crippen molar-refractivity contribution in [2.75, 3.05) is 19.7 Å². The van der Waals surface area contributed by atoms with Gasteiger partial charge in [-0.3, -0.25) is 4.90 Å². The van der Waals surface area contributed by atoms with Gasteiger partial charge in [-0.2, -0.15) is 0 Å². The van der Waals surface area contributed by atoms with Crippen LogP contribution in [0.5, 0.6) is 0 Å². The van der Waals surface area contributed by atoms with Gasteiger partial charge in [0.2, 0.25) is 0 Å². The Morgan fingerprint density at radius 2 is 1.65 bits per heavy atom. The van der Waals surface area contributed by atoms with E-state index >= 15 is 0 Å². The van der Waals surface area contributed by atoms with Crippen LogP contribution in [0.4, 0.5) is 0 Å². The lowest BCUT2D eigenvalue weighted by Crippen LogP contribution is -2.46. The molecule has 0 amide bonds. The van der Waals surface area contributed by atoms with Crippen LogP contribution in [0, 0.1) is 5.92 Å². The minimum Gasteiger partial charge on any atom is -0.395 e. The van der Waals surface area contributed by atoms with E-state index in [2.05, 4.69) is 48.2 Å². The van der Waals surface area contributed by atoms with Crippen molar-refractivity contribution in [2.24, 2.45) is 11.7 Å². The molecule has 2 fully saturated rings. The normalized spacial score (nSPS) is 26.4. The van der Waals surface area contributed by atoms with Crippen molar-refractivity contribution in [1.29, 1.82) is 0 Å². The second-order valence-corrected chi connectivity index (χ2v) is 10.3. The zero-order valence-corrected chi connectivity index (χ0v) is 21.5. The molecular formula is C31H38N2O4. The van der Waals surface area contributed by atoms with Gasteiger partial charge in [-0.25, -0.2) is 0 Å². The van der Waals surface area contributed by atoms with Gasteiger partial charge in [0.05, 0.1) is 25.4 Å². The molecule has 2 aliphatic heterocycles. The average molecular weight is 503 g/mol. The molecule has 6 nitrogen and oxygen atoms in total. The summed E-state index contributed by atoms with van der Waals surface area (Å²) in [6.45, 7) is 4.65. The van der Waals surface area contributed by atoms with Crippen LogP contribution in [0.25, 0.3) is 11.1 Å². The first-order valence-electron chi connectivity index (χ1n) is 13.3. The van der Waals surface area contributed by atoms with Gasteiger partial charge in [0.25, 0.3) is 0 Å². The van der Waals surface area contributed by atoms with Crippen molar-refractivity contribution in [3.63, 3.8) is 0 Å². The summed E-state index contributed by atoms with van der Waals surface area (Å²) in [5, 5.41) is 19.3. The van der Waals surface area contributed by atoms with Crippen molar-refractivity contribution in [3.05, 3.63) is 95.1 Å². The van der Waals surface area contributed by atoms with Gasteiger partial charge in [0.1, 0.15) is 0 Å². The maximum atomic E-state index is 9.86. The number of likely N-dealkylation sites (tertiary alicyclic amines) is 1. The van der Waals surface area contributed by atoms with E-state index in [0.717, 1.165) is 59.3 Å². The lowest BCUT2D eigenvalue weighted by atomic mass is 9.89. The van der Waals surface area contributed by atoms with Crippen LogP contribution in [-0.2, 0) is 22.6 Å². The minimum absolute atomic E-state index is 0.0216. The van der Waals surface area contributed by atoms with Crippen molar-refractivity contribution in [1.82, 2.24) is 4.90 Å². The van der Waals surface area contributed by atoms with Crippen molar-refractivity contribution in [2.45, 2.75) is 57.5 Å². The standard InChI is InChI=1S/C31H38N2O4/c1-21-29(18-33-15-3-6-28(33)20-35)36-31(37-30(21)25-9-7-22(19-34)8-10-25)26-13-11-24(12-14-26)27-5-2-4-23(16-27)17-32/h2,4-5,7-14,16,21,28-31,34-35H,3,6,15,17-20,32H2,1H3/t21-,28+,29+,30+,31+/m1/s1. The highest BCUT2D eigenvalue weighted by atomic mass is 16.7. The number of hydrogen-bond acceptors (Lipinski definition) is 6. The lowest BCUT2D eigenvalue weighted by Gasteiger charge is -2.43. The van der Waals surface area contributed by atoms with Gasteiger partial charge < -0.3 is 25.4 Å². The Bertz CT molecular complexity index is 1150. The van der Waals surface area contributed by atoms with Crippen LogP contribution >= 0.6 is 0 Å². The molecule has 0 saturated carbocycles. The SMILES string of the molecule is C[C@@H]1[C@H](CN2CCC[C@H]2CO)O[C@H](c2ccc(-c3cccc(CN)c3)cc2)O[C@@H]1c1ccc(CO)cc1. The number of benzene rings is 3. The largest absolute Gasteiger partial charge is 0.395 e. The molecule has 0 aliphatic carbocycles. The van der Waals surface area contributed by atoms with E-state index in [-0.39, 0.29) is 37.4 Å². The Morgan fingerprint density at radius 3 is 2.35 bits per heavy atom. The Morgan fingerprint density at radius 1 is 0.892 bits per heavy atom. The molecule has 196 valence electrons. The maximum absolute atomic E-state index is 9.86. The van der Waals surface area contributed by atoms with E-state index in [1.165, 1.54) is 0 Å². The monoisotopic (exact) mass is 502 g/mol. The number of rotatable bonds is 8. The van der Waals surface area contributed by atoms with Crippen LogP contribution < -0.4 is 5.73 Å². The summed E-state index contributed by atoms with van der Waals surface area (Å²) in [5.41, 5.74) is 12.1. The van der Waals surface area contributed by atoms with Gasteiger partial charge in [-0.1, -0.05) is 73.7 Å². The summed E-state index contributed by atoms with van der Waals surface area (Å²) in [7, 11) is 0. The van der Waals surface area contributed by atoms with Gasteiger partial charge >= 0.3 is 0 Å². The fraction of sp³-hybridized carbons (Fsp3) is 0.419. The van der Waals surface area contributed by atoms with Gasteiger partial charge in [-0.05, 0) is 53.3 Å². The summed E-state index contributed by atoms with van der Waals surface area (Å²) in [5.74, 6) is 0.120. The molecule has 2 heterocycles. The molecule has 4 N–H and O–H groups in total. The van der Waals surface area contributed by atoms with Crippen molar-refractivity contribution in [3.8, 4) is 11.1 Å². The smallest absolute Gasteiger partial charge is 0.184 e. The molecule has 2 aliphatic rings. The molecule has 0 spiro atoms. The third-order valence-electron chi connectivity index (χ3n) is 7.93. The van der Waals surface area contributed by atoms with Crippen LogP contribution in [0.15, 0.2) is 72.8 Å². The quantitative estimate of drug-likeness (QED) is 0.419. The number of nitrogens with two attached hydrogens (primary N) is 1. The van der Waals surface area contributed by atoms with Gasteiger partial charge in [0, 0.05) is 30.6 Å². The molecule has 5 rings (SSSR count). The molecule has 37 heavy (non-hydrogen) atoms. The van der Waals surface area contributed by atoms with E-state index in [1.54, 1.807) is 0 Å². The first-order valence-corrected chi connectivity index (χ1v) is 13.3. The number of nitrogens with zero attached hydrogens (tertiary/aromatic N) is 1. The van der Waals surface area contributed by atoms with Crippen LogP contribution in [-0.4, -0.2) is 47.0 Å². The van der Waals surface area contributed by atoms with Crippen LogP contribution in [0.1, 0.15) is 54.4 Å². The summed E-state index contributed by atoms with van der Waals surface area (Å²) >= 11 is 0. The van der Waals surface area contributed by atoms with E-state index in [0.29, 0.717) is 6.54 Å². The van der Waals surface area contributed by atoms with E-state index in [1.807, 2.05) is 36.4 Å². The van der Waals surface area contributed by atoms with Gasteiger partial charge in [-0.15, -0.1) is 0 Å². The highest BCUT2D eigenvalue weighted by Gasteiger charge is 2.40. The molecule has 0 unspecified atom stereocenters. The fourth-order valence-corrected chi connectivity index (χ4v) is 5.61. The second kappa shape index (κ2) is 11.9. The number of hydrogen-bond donors (Lipinski definition) is 3. The minimum atomic E-state index is -0.497. The topological polar surface area (TPSA) is 88.2 Å². The molecule has 2 saturated heterocycles. The maximum Gasteiger partial charge on any atom is 0.184 e. The Kier molecular flexibility index (Phi) is 8.35. The average Bonchev–Trinajstić information content (AvgIpc) is 3.41. The Balaban J connectivity index is 1.40. The Hall–Kier alpha value is -2.58. The molecule has 3 aromatic rings. The number of ether oxygens (including phenoxy) is 2. The third kappa shape index (κ3) is 5.80. The fourth-order valence-electron chi connectivity index (χ4n) is 5.61. The number of aliphatic hydroxyl groups excluding tert-OH is 2. The predicted molar refractivity (Wildman–Crippen MR) is 144 cm³/mol. The predicted octanol–water partition coefficient (Wildman–Crippen LogP) is 4.55. The van der Waals surface area contributed by atoms with Crippen LogP contribution in [0.2, 0.25) is 0 Å². The van der Waals surface area contributed by atoms with E-state index in [9.17, 15) is 10.2 Å². The molecular weight excluding hydrogens is 464 g/mol. The zero-order valence-electron chi connectivity index (χ0n) is 21.5. The number of aliphatic hydroxyl groups is 2. The molecule has 0 radical (unpaired) electrons.